The first kappa shape index (κ1) is 7.53. The van der Waals surface area contributed by atoms with E-state index in [1.54, 1.807) is 0 Å². The van der Waals surface area contributed by atoms with Gasteiger partial charge < -0.3 is 20.7 Å². The highest BCUT2D eigenvalue weighted by molar-refractivity contribution is 5.10. The molecule has 0 radical (unpaired) electrons. The average Bonchev–Trinajstić information content (AvgIpc) is 1.97. The molecule has 1 heterocycles. The Kier molecular flexibility index (Phi) is 1.47. The maximum Gasteiger partial charge on any atom is 0.223 e. The molecule has 4 heteroatoms. The summed E-state index contributed by atoms with van der Waals surface area (Å²) in [5.41, 5.74) is 5.32. The molecular weight excluding hydrogens is 134 g/mol. The Labute approximate surface area is 58.9 Å². The Bertz CT molecular complexity index is 166. The fourth-order valence-corrected chi connectivity index (χ4v) is 0.877. The van der Waals surface area contributed by atoms with Crippen LogP contribution >= 0.6 is 0 Å². The molecule has 0 spiro atoms. The highest BCUT2D eigenvalue weighted by Crippen LogP contribution is 2.28. The molecule has 1 fully saturated rings. The molecule has 1 aliphatic rings. The minimum Gasteiger partial charge on any atom is -0.488 e. The van der Waals surface area contributed by atoms with Gasteiger partial charge >= 0.3 is 0 Å². The van der Waals surface area contributed by atoms with E-state index in [1.165, 1.54) is 6.92 Å². The molecule has 0 saturated carbocycles. The van der Waals surface area contributed by atoms with E-state index in [4.69, 9.17) is 20.7 Å². The Morgan fingerprint density at radius 1 is 1.70 bits per heavy atom. The van der Waals surface area contributed by atoms with Crippen LogP contribution in [0.1, 0.15) is 6.92 Å². The maximum absolute atomic E-state index is 9.15. The largest absolute Gasteiger partial charge is 0.488 e. The number of nitrogens with two attached hydrogens (primary N) is 1. The van der Waals surface area contributed by atoms with Crippen LogP contribution in [-0.4, -0.2) is 28.1 Å². The lowest BCUT2D eigenvalue weighted by molar-refractivity contribution is -0.193. The zero-order valence-corrected chi connectivity index (χ0v) is 5.74. The van der Waals surface area contributed by atoms with Gasteiger partial charge in [-0.2, -0.15) is 0 Å². The Morgan fingerprint density at radius 3 is 2.30 bits per heavy atom. The highest BCUT2D eigenvalue weighted by Gasteiger charge is 2.48. The fraction of sp³-hybridized carbons (Fsp3) is 0.667. The van der Waals surface area contributed by atoms with E-state index in [2.05, 4.69) is 6.58 Å². The maximum atomic E-state index is 9.15. The lowest BCUT2D eigenvalue weighted by Gasteiger charge is -2.20. The van der Waals surface area contributed by atoms with Crippen molar-refractivity contribution in [3.05, 3.63) is 12.3 Å². The van der Waals surface area contributed by atoms with E-state index in [9.17, 15) is 0 Å². The van der Waals surface area contributed by atoms with Gasteiger partial charge in [-0.05, 0) is 6.92 Å². The Morgan fingerprint density at radius 2 is 2.20 bits per heavy atom. The minimum absolute atomic E-state index is 0.220. The van der Waals surface area contributed by atoms with Crippen LogP contribution in [0.2, 0.25) is 0 Å². The van der Waals surface area contributed by atoms with Crippen molar-refractivity contribution in [2.75, 3.05) is 0 Å². The van der Waals surface area contributed by atoms with Crippen molar-refractivity contribution >= 4 is 0 Å². The van der Waals surface area contributed by atoms with E-state index >= 15 is 0 Å². The van der Waals surface area contributed by atoms with E-state index in [-0.39, 0.29) is 5.76 Å². The van der Waals surface area contributed by atoms with Crippen LogP contribution < -0.4 is 5.73 Å². The second-order valence-electron chi connectivity index (χ2n) is 2.49. The summed E-state index contributed by atoms with van der Waals surface area (Å²) in [6, 6.07) is -0.900. The van der Waals surface area contributed by atoms with Crippen molar-refractivity contribution < 1.29 is 14.9 Å². The molecule has 0 bridgehead atoms. The number of aliphatic hydroxyl groups is 2. The van der Waals surface area contributed by atoms with Gasteiger partial charge in [-0.3, -0.25) is 0 Å². The molecule has 0 aromatic carbocycles. The van der Waals surface area contributed by atoms with Gasteiger partial charge in [0.05, 0.1) is 0 Å². The van der Waals surface area contributed by atoms with Crippen LogP contribution in [0.25, 0.3) is 0 Å². The van der Waals surface area contributed by atoms with Crippen LogP contribution in [0.3, 0.4) is 0 Å². The van der Waals surface area contributed by atoms with Gasteiger partial charge in [-0.1, -0.05) is 6.58 Å². The van der Waals surface area contributed by atoms with Crippen molar-refractivity contribution in [2.45, 2.75) is 24.9 Å². The van der Waals surface area contributed by atoms with Crippen molar-refractivity contribution in [3.63, 3.8) is 0 Å². The quantitative estimate of drug-likeness (QED) is 0.379. The van der Waals surface area contributed by atoms with Gasteiger partial charge in [0.15, 0.2) is 6.10 Å². The SMILES string of the molecule is C=C1OC(C)C(O)(O)C1N. The molecule has 58 valence electrons. The van der Waals surface area contributed by atoms with Crippen molar-refractivity contribution in [2.24, 2.45) is 5.73 Å². The molecule has 0 amide bonds. The van der Waals surface area contributed by atoms with E-state index in [0.29, 0.717) is 0 Å². The summed E-state index contributed by atoms with van der Waals surface area (Å²) in [6.45, 7) is 4.94. The summed E-state index contributed by atoms with van der Waals surface area (Å²) in [5, 5.41) is 18.3. The monoisotopic (exact) mass is 145 g/mol. The second-order valence-corrected chi connectivity index (χ2v) is 2.49. The molecule has 1 rings (SSSR count). The lowest BCUT2D eigenvalue weighted by atomic mass is 10.1. The van der Waals surface area contributed by atoms with Crippen LogP contribution in [0.5, 0.6) is 0 Å². The first-order valence-corrected chi connectivity index (χ1v) is 3.02. The highest BCUT2D eigenvalue weighted by atomic mass is 16.6. The van der Waals surface area contributed by atoms with Crippen LogP contribution in [0.4, 0.5) is 0 Å². The summed E-state index contributed by atoms with van der Waals surface area (Å²) >= 11 is 0. The van der Waals surface area contributed by atoms with Crippen molar-refractivity contribution in [1.82, 2.24) is 0 Å². The second kappa shape index (κ2) is 1.95. The van der Waals surface area contributed by atoms with E-state index in [0.717, 1.165) is 0 Å². The van der Waals surface area contributed by atoms with Gasteiger partial charge in [0.25, 0.3) is 0 Å². The van der Waals surface area contributed by atoms with Gasteiger partial charge in [-0.25, -0.2) is 0 Å². The molecule has 4 N–H and O–H groups in total. The summed E-state index contributed by atoms with van der Waals surface area (Å²) in [6.07, 6.45) is -0.699. The molecule has 0 aromatic rings. The average molecular weight is 145 g/mol. The number of ether oxygens (including phenoxy) is 1. The first-order chi connectivity index (χ1) is 4.46. The third-order valence-corrected chi connectivity index (χ3v) is 1.73. The molecule has 0 aliphatic carbocycles. The zero-order valence-electron chi connectivity index (χ0n) is 5.74. The summed E-state index contributed by atoms with van der Waals surface area (Å²) in [5.74, 6) is -1.74. The Balaban J connectivity index is 2.85. The van der Waals surface area contributed by atoms with Gasteiger partial charge in [0.2, 0.25) is 5.79 Å². The molecule has 1 saturated heterocycles. The number of rotatable bonds is 0. The Hall–Kier alpha value is -0.580. The summed E-state index contributed by atoms with van der Waals surface area (Å²) in [4.78, 5) is 0. The smallest absolute Gasteiger partial charge is 0.223 e. The molecule has 10 heavy (non-hydrogen) atoms. The predicted molar refractivity (Wildman–Crippen MR) is 34.8 cm³/mol. The minimum atomic E-state index is -1.96. The molecular formula is C6H11NO3. The van der Waals surface area contributed by atoms with Gasteiger partial charge in [0.1, 0.15) is 11.8 Å². The molecule has 2 unspecified atom stereocenters. The fourth-order valence-electron chi connectivity index (χ4n) is 0.877. The normalized spacial score (nSPS) is 37.8. The third-order valence-electron chi connectivity index (χ3n) is 1.73. The molecule has 1 aliphatic heterocycles. The molecule has 4 nitrogen and oxygen atoms in total. The zero-order chi connectivity index (χ0) is 7.94. The number of hydrogen-bond donors (Lipinski definition) is 3. The van der Waals surface area contributed by atoms with Crippen molar-refractivity contribution in [3.8, 4) is 0 Å². The van der Waals surface area contributed by atoms with Crippen LogP contribution in [0, 0.1) is 0 Å². The summed E-state index contributed by atoms with van der Waals surface area (Å²) < 4.78 is 4.87. The van der Waals surface area contributed by atoms with Gasteiger partial charge in [0, 0.05) is 0 Å². The lowest BCUT2D eigenvalue weighted by Crippen LogP contribution is -2.49. The third kappa shape index (κ3) is 0.811. The molecule has 0 aromatic heterocycles. The van der Waals surface area contributed by atoms with Crippen LogP contribution in [0.15, 0.2) is 12.3 Å². The first-order valence-electron chi connectivity index (χ1n) is 3.02. The van der Waals surface area contributed by atoms with E-state index < -0.39 is 17.9 Å². The van der Waals surface area contributed by atoms with Crippen molar-refractivity contribution in [1.29, 1.82) is 0 Å². The van der Waals surface area contributed by atoms with Gasteiger partial charge in [-0.15, -0.1) is 0 Å². The van der Waals surface area contributed by atoms with Crippen LogP contribution in [-0.2, 0) is 4.74 Å². The predicted octanol–water partition coefficient (Wildman–Crippen LogP) is -1.07. The standard InChI is InChI=1S/C6H11NO3/c1-3-5(7)6(8,9)4(2)10-3/h4-5,8-9H,1,7H2,2H3. The number of hydrogen-bond acceptors (Lipinski definition) is 4. The van der Waals surface area contributed by atoms with E-state index in [1.807, 2.05) is 0 Å². The molecule has 2 atom stereocenters. The topological polar surface area (TPSA) is 75.7 Å². The summed E-state index contributed by atoms with van der Waals surface area (Å²) in [7, 11) is 0.